The fourth-order valence-corrected chi connectivity index (χ4v) is 2.25. The smallest absolute Gasteiger partial charge is 0.392 e. The van der Waals surface area contributed by atoms with Crippen molar-refractivity contribution in [1.82, 2.24) is 9.78 Å². The van der Waals surface area contributed by atoms with E-state index in [1.54, 1.807) is 37.3 Å². The summed E-state index contributed by atoms with van der Waals surface area (Å²) in [6.45, 7) is 3.62. The first-order valence-corrected chi connectivity index (χ1v) is 7.49. The lowest BCUT2D eigenvalue weighted by Crippen LogP contribution is -2.13. The van der Waals surface area contributed by atoms with E-state index in [4.69, 9.17) is 4.42 Å². The first kappa shape index (κ1) is 15.7. The summed E-state index contributed by atoms with van der Waals surface area (Å²) >= 11 is 0. The van der Waals surface area contributed by atoms with E-state index in [0.717, 1.165) is 10.2 Å². The Balaban J connectivity index is 1.77. The van der Waals surface area contributed by atoms with Gasteiger partial charge in [0.25, 0.3) is 0 Å². The average molecular weight is 320 g/mol. The van der Waals surface area contributed by atoms with Gasteiger partial charge in [0.05, 0.1) is 5.69 Å². The van der Waals surface area contributed by atoms with Crippen molar-refractivity contribution < 1.29 is 9.21 Å². The molecule has 0 fully saturated rings. The highest BCUT2D eigenvalue weighted by molar-refractivity contribution is 6.06. The maximum Gasteiger partial charge on any atom is 0.441 e. The number of nitrogens with zero attached hydrogens (tertiary/aromatic N) is 2. The van der Waals surface area contributed by atoms with Gasteiger partial charge < -0.3 is 4.42 Å². The lowest BCUT2D eigenvalue weighted by atomic mass is 10.1. The number of rotatable bonds is 4. The Morgan fingerprint density at radius 1 is 1.04 bits per heavy atom. The van der Waals surface area contributed by atoms with Crippen LogP contribution in [0.5, 0.6) is 0 Å². The molecule has 0 saturated carbocycles. The minimum atomic E-state index is -0.550. The van der Waals surface area contributed by atoms with E-state index >= 15 is 0 Å². The van der Waals surface area contributed by atoms with Crippen LogP contribution in [0.4, 0.5) is 0 Å². The van der Waals surface area contributed by atoms with E-state index in [1.807, 2.05) is 31.2 Å². The number of benzene rings is 2. The van der Waals surface area contributed by atoms with E-state index in [-0.39, 0.29) is 5.78 Å². The third-order valence-electron chi connectivity index (χ3n) is 3.55. The highest BCUT2D eigenvalue weighted by atomic mass is 16.4. The zero-order valence-corrected chi connectivity index (χ0v) is 13.4. The van der Waals surface area contributed by atoms with Crippen LogP contribution in [0.1, 0.15) is 27.4 Å². The minimum Gasteiger partial charge on any atom is -0.392 e. The molecule has 0 radical (unpaired) electrons. The summed E-state index contributed by atoms with van der Waals surface area (Å²) < 4.78 is 6.02. The van der Waals surface area contributed by atoms with E-state index in [9.17, 15) is 9.59 Å². The molecule has 5 nitrogen and oxygen atoms in total. The van der Waals surface area contributed by atoms with Crippen LogP contribution in [-0.2, 0) is 0 Å². The van der Waals surface area contributed by atoms with Crippen LogP contribution in [0, 0.1) is 13.8 Å². The molecule has 0 N–H and O–H groups in total. The summed E-state index contributed by atoms with van der Waals surface area (Å²) in [7, 11) is 0. The summed E-state index contributed by atoms with van der Waals surface area (Å²) in [5.74, 6) is -0.363. The van der Waals surface area contributed by atoms with Crippen LogP contribution >= 0.6 is 0 Å². The van der Waals surface area contributed by atoms with Gasteiger partial charge in [-0.1, -0.05) is 35.9 Å². The lowest BCUT2D eigenvalue weighted by molar-refractivity contribution is 0.104. The van der Waals surface area contributed by atoms with Gasteiger partial charge in [-0.2, -0.15) is 4.68 Å². The minimum absolute atomic E-state index is 0.106. The molecule has 0 saturated heterocycles. The Hall–Kier alpha value is -3.21. The molecule has 0 amide bonds. The summed E-state index contributed by atoms with van der Waals surface area (Å²) in [5.41, 5.74) is 3.23. The van der Waals surface area contributed by atoms with Crippen molar-refractivity contribution in [2.45, 2.75) is 13.8 Å². The largest absolute Gasteiger partial charge is 0.441 e. The summed E-state index contributed by atoms with van der Waals surface area (Å²) in [4.78, 5) is 23.8. The molecule has 120 valence electrons. The predicted molar refractivity (Wildman–Crippen MR) is 91.4 cm³/mol. The first-order chi connectivity index (χ1) is 11.5. The zero-order chi connectivity index (χ0) is 17.1. The molecule has 0 aliphatic carbocycles. The van der Waals surface area contributed by atoms with Crippen LogP contribution in [0.15, 0.2) is 63.8 Å². The van der Waals surface area contributed by atoms with E-state index in [2.05, 4.69) is 5.10 Å². The molecule has 2 aromatic carbocycles. The second-order valence-corrected chi connectivity index (χ2v) is 5.45. The molecular formula is C19H16N2O3. The molecule has 3 rings (SSSR count). The molecule has 0 aliphatic heterocycles. The number of allylic oxidation sites excluding steroid dienone is 1. The summed E-state index contributed by atoms with van der Waals surface area (Å²) in [6.07, 6.45) is 3.31. The molecule has 0 atom stereocenters. The monoisotopic (exact) mass is 320 g/mol. The van der Waals surface area contributed by atoms with Crippen LogP contribution in [0.25, 0.3) is 11.8 Å². The van der Waals surface area contributed by atoms with Crippen molar-refractivity contribution in [2.75, 3.05) is 0 Å². The van der Waals surface area contributed by atoms with E-state index in [0.29, 0.717) is 17.1 Å². The molecule has 3 aromatic rings. The molecule has 5 heteroatoms. The number of aryl methyl sites for hydroxylation is 2. The van der Waals surface area contributed by atoms with Gasteiger partial charge >= 0.3 is 5.76 Å². The normalized spacial score (nSPS) is 11.1. The second kappa shape index (κ2) is 6.50. The van der Waals surface area contributed by atoms with E-state index in [1.165, 1.54) is 11.6 Å². The van der Waals surface area contributed by atoms with Gasteiger partial charge in [0, 0.05) is 12.5 Å². The Labute approximate surface area is 138 Å². The topological polar surface area (TPSA) is 65.1 Å². The van der Waals surface area contributed by atoms with Crippen LogP contribution in [-0.4, -0.2) is 15.6 Å². The lowest BCUT2D eigenvalue weighted by Gasteiger charge is -2.00. The second-order valence-electron chi connectivity index (χ2n) is 5.45. The highest BCUT2D eigenvalue weighted by Gasteiger charge is 2.08. The molecule has 1 aromatic heterocycles. The standard InChI is InChI=1S/C19H16N2O3/c1-13-3-5-15(6-4-13)7-12-18(22)16-8-10-17(11-9-16)21-19(23)24-14(2)20-21/h3-12H,1-2H3/b12-7+. The van der Waals surface area contributed by atoms with Gasteiger partial charge in [-0.3, -0.25) is 4.79 Å². The molecule has 0 spiro atoms. The fraction of sp³-hybridized carbons (Fsp3) is 0.105. The van der Waals surface area contributed by atoms with Gasteiger partial charge in [0.1, 0.15) is 0 Å². The van der Waals surface area contributed by atoms with Crippen LogP contribution < -0.4 is 5.76 Å². The van der Waals surface area contributed by atoms with Crippen LogP contribution in [0.2, 0.25) is 0 Å². The zero-order valence-electron chi connectivity index (χ0n) is 13.4. The fourth-order valence-electron chi connectivity index (χ4n) is 2.25. The first-order valence-electron chi connectivity index (χ1n) is 7.49. The Morgan fingerprint density at radius 3 is 2.29 bits per heavy atom. The maximum absolute atomic E-state index is 12.2. The number of carbonyl (C=O) groups excluding carboxylic acids is 1. The molecule has 0 unspecified atom stereocenters. The molecular weight excluding hydrogens is 304 g/mol. The van der Waals surface area contributed by atoms with Crippen LogP contribution in [0.3, 0.4) is 0 Å². The van der Waals surface area contributed by atoms with Crippen molar-refractivity contribution in [3.63, 3.8) is 0 Å². The predicted octanol–water partition coefficient (Wildman–Crippen LogP) is 3.34. The van der Waals surface area contributed by atoms with Crippen molar-refractivity contribution in [3.05, 3.63) is 87.7 Å². The third-order valence-corrected chi connectivity index (χ3v) is 3.55. The number of ketones is 1. The van der Waals surface area contributed by atoms with Gasteiger partial charge in [-0.25, -0.2) is 4.79 Å². The number of aromatic nitrogens is 2. The number of hydrogen-bond acceptors (Lipinski definition) is 4. The van der Waals surface area contributed by atoms with Gasteiger partial charge in [0.2, 0.25) is 5.89 Å². The summed E-state index contributed by atoms with van der Waals surface area (Å²) in [5, 5.41) is 3.98. The quantitative estimate of drug-likeness (QED) is 0.546. The van der Waals surface area contributed by atoms with Crippen molar-refractivity contribution in [2.24, 2.45) is 0 Å². The average Bonchev–Trinajstić information content (AvgIpc) is 2.92. The number of carbonyl (C=O) groups is 1. The Bertz CT molecular complexity index is 946. The molecule has 0 aliphatic rings. The van der Waals surface area contributed by atoms with Crippen molar-refractivity contribution in [3.8, 4) is 5.69 Å². The maximum atomic E-state index is 12.2. The Morgan fingerprint density at radius 2 is 1.71 bits per heavy atom. The highest BCUT2D eigenvalue weighted by Crippen LogP contribution is 2.10. The number of hydrogen-bond donors (Lipinski definition) is 0. The van der Waals surface area contributed by atoms with Crippen molar-refractivity contribution >= 4 is 11.9 Å². The van der Waals surface area contributed by atoms with Gasteiger partial charge in [0.15, 0.2) is 5.78 Å². The molecule has 0 bridgehead atoms. The van der Waals surface area contributed by atoms with Gasteiger partial charge in [-0.15, -0.1) is 5.10 Å². The Kier molecular flexibility index (Phi) is 4.24. The summed E-state index contributed by atoms with van der Waals surface area (Å²) in [6, 6.07) is 14.6. The SMILES string of the molecule is Cc1ccc(/C=C/C(=O)c2ccc(-n3nc(C)oc3=O)cc2)cc1. The molecule has 24 heavy (non-hydrogen) atoms. The van der Waals surface area contributed by atoms with Crippen molar-refractivity contribution in [1.29, 1.82) is 0 Å². The van der Waals surface area contributed by atoms with Gasteiger partial charge in [-0.05, 0) is 42.8 Å². The third kappa shape index (κ3) is 3.41. The van der Waals surface area contributed by atoms with E-state index < -0.39 is 5.76 Å². The molecule has 1 heterocycles.